The third-order valence-electron chi connectivity index (χ3n) is 6.14. The van der Waals surface area contributed by atoms with Gasteiger partial charge in [-0.05, 0) is 61.7 Å². The number of aromatic nitrogens is 3. The van der Waals surface area contributed by atoms with Crippen LogP contribution in [0.3, 0.4) is 0 Å². The monoisotopic (exact) mass is 490 g/mol. The van der Waals surface area contributed by atoms with Crippen LogP contribution in [0.2, 0.25) is 5.02 Å². The number of nitro benzene ring substituents is 1. The van der Waals surface area contributed by atoms with E-state index in [-0.39, 0.29) is 22.8 Å². The van der Waals surface area contributed by atoms with Crippen molar-refractivity contribution in [2.45, 2.75) is 25.8 Å². The zero-order chi connectivity index (χ0) is 24.4. The lowest BCUT2D eigenvalue weighted by molar-refractivity contribution is -0.385. The Bertz CT molecular complexity index is 1450. The van der Waals surface area contributed by atoms with E-state index >= 15 is 0 Å². The van der Waals surface area contributed by atoms with Gasteiger partial charge in [0.2, 0.25) is 5.95 Å². The third kappa shape index (κ3) is 4.95. The van der Waals surface area contributed by atoms with Gasteiger partial charge in [-0.15, -0.1) is 0 Å². The standard InChI is InChI=1S/C25H23ClN6O3/c26-19-6-4-18(22(14-19)32(34)35)16-31-23(33)11-5-17-15-27-25(29-24(17)31)28-20-7-9-21(10-8-20)30-12-2-1-3-13-30/h4-11,14-15H,1-3,12-13,16H2,(H,27,28,29). The maximum atomic E-state index is 12.7. The number of fused-ring (bicyclic) bond motifs is 1. The van der Waals surface area contributed by atoms with Gasteiger partial charge in [0.1, 0.15) is 5.65 Å². The fourth-order valence-electron chi connectivity index (χ4n) is 4.33. The zero-order valence-corrected chi connectivity index (χ0v) is 19.6. The molecule has 0 unspecified atom stereocenters. The van der Waals surface area contributed by atoms with E-state index in [1.807, 2.05) is 12.1 Å². The molecular formula is C25H23ClN6O3. The van der Waals surface area contributed by atoms with Gasteiger partial charge >= 0.3 is 0 Å². The molecule has 2 aromatic carbocycles. The molecule has 0 amide bonds. The van der Waals surface area contributed by atoms with E-state index in [0.717, 1.165) is 18.8 Å². The number of nitrogens with zero attached hydrogens (tertiary/aromatic N) is 5. The van der Waals surface area contributed by atoms with Gasteiger partial charge in [0.05, 0.1) is 11.5 Å². The zero-order valence-electron chi connectivity index (χ0n) is 18.9. The first-order valence-corrected chi connectivity index (χ1v) is 11.8. The van der Waals surface area contributed by atoms with Crippen molar-refractivity contribution in [2.75, 3.05) is 23.3 Å². The molecule has 4 aromatic rings. The number of hydrogen-bond acceptors (Lipinski definition) is 7. The van der Waals surface area contributed by atoms with Gasteiger partial charge in [0.25, 0.3) is 11.2 Å². The molecule has 0 aliphatic carbocycles. The van der Waals surface area contributed by atoms with Crippen LogP contribution < -0.4 is 15.8 Å². The highest BCUT2D eigenvalue weighted by molar-refractivity contribution is 6.30. The number of piperidine rings is 1. The molecule has 10 heteroatoms. The Labute approximate surface area is 206 Å². The van der Waals surface area contributed by atoms with Gasteiger partial charge in [0.15, 0.2) is 0 Å². The second kappa shape index (κ2) is 9.71. The Morgan fingerprint density at radius 2 is 1.80 bits per heavy atom. The van der Waals surface area contributed by atoms with Crippen molar-refractivity contribution in [2.24, 2.45) is 0 Å². The topological polar surface area (TPSA) is 106 Å². The predicted octanol–water partition coefficient (Wildman–Crippen LogP) is 5.14. The van der Waals surface area contributed by atoms with Crippen molar-refractivity contribution in [1.82, 2.24) is 14.5 Å². The first-order chi connectivity index (χ1) is 17.0. The highest BCUT2D eigenvalue weighted by Crippen LogP contribution is 2.26. The highest BCUT2D eigenvalue weighted by Gasteiger charge is 2.17. The summed E-state index contributed by atoms with van der Waals surface area (Å²) in [5.74, 6) is 0.327. The summed E-state index contributed by atoms with van der Waals surface area (Å²) in [5.41, 5.74) is 2.27. The minimum absolute atomic E-state index is 0.0232. The van der Waals surface area contributed by atoms with Crippen molar-refractivity contribution in [1.29, 1.82) is 0 Å². The molecular weight excluding hydrogens is 468 g/mol. The largest absolute Gasteiger partial charge is 0.372 e. The molecule has 1 aliphatic rings. The van der Waals surface area contributed by atoms with Gasteiger partial charge in [-0.3, -0.25) is 19.5 Å². The molecule has 0 spiro atoms. The maximum absolute atomic E-state index is 12.7. The van der Waals surface area contributed by atoms with Gasteiger partial charge in [-0.25, -0.2) is 4.98 Å². The van der Waals surface area contributed by atoms with Crippen LogP contribution in [0.1, 0.15) is 24.8 Å². The van der Waals surface area contributed by atoms with Crippen molar-refractivity contribution < 1.29 is 4.92 Å². The smallest absolute Gasteiger partial charge is 0.275 e. The van der Waals surface area contributed by atoms with E-state index in [1.54, 1.807) is 24.4 Å². The number of rotatable bonds is 6. The quantitative estimate of drug-likeness (QED) is 0.295. The molecule has 0 radical (unpaired) electrons. The first kappa shape index (κ1) is 22.8. The average molecular weight is 491 g/mol. The molecule has 1 N–H and O–H groups in total. The maximum Gasteiger partial charge on any atom is 0.275 e. The summed E-state index contributed by atoms with van der Waals surface area (Å²) in [5, 5.41) is 15.6. The van der Waals surface area contributed by atoms with Crippen LogP contribution >= 0.6 is 11.6 Å². The molecule has 1 saturated heterocycles. The van der Waals surface area contributed by atoms with Crippen LogP contribution in [-0.2, 0) is 6.54 Å². The van der Waals surface area contributed by atoms with E-state index in [9.17, 15) is 14.9 Å². The summed E-state index contributed by atoms with van der Waals surface area (Å²) < 4.78 is 1.40. The van der Waals surface area contributed by atoms with Gasteiger partial charge in [-0.2, -0.15) is 4.98 Å². The molecule has 1 aliphatic heterocycles. The molecule has 1 fully saturated rings. The predicted molar refractivity (Wildman–Crippen MR) is 137 cm³/mol. The molecule has 3 heterocycles. The average Bonchev–Trinajstić information content (AvgIpc) is 2.87. The van der Waals surface area contributed by atoms with Crippen molar-refractivity contribution in [3.8, 4) is 0 Å². The summed E-state index contributed by atoms with van der Waals surface area (Å²) in [7, 11) is 0. The van der Waals surface area contributed by atoms with Gasteiger partial charge in [-0.1, -0.05) is 11.6 Å². The highest BCUT2D eigenvalue weighted by atomic mass is 35.5. The van der Waals surface area contributed by atoms with E-state index in [4.69, 9.17) is 11.6 Å². The van der Waals surface area contributed by atoms with Gasteiger partial charge in [0, 0.05) is 58.8 Å². The second-order valence-corrected chi connectivity index (χ2v) is 8.92. The number of benzene rings is 2. The van der Waals surface area contributed by atoms with E-state index in [2.05, 4.69) is 32.3 Å². The van der Waals surface area contributed by atoms with E-state index in [1.165, 1.54) is 41.6 Å². The summed E-state index contributed by atoms with van der Waals surface area (Å²) in [4.78, 5) is 35.1. The van der Waals surface area contributed by atoms with Crippen LogP contribution in [0.4, 0.5) is 23.0 Å². The molecule has 9 nitrogen and oxygen atoms in total. The van der Waals surface area contributed by atoms with Crippen LogP contribution in [0.15, 0.2) is 65.6 Å². The van der Waals surface area contributed by atoms with Crippen molar-refractivity contribution in [3.05, 3.63) is 91.8 Å². The lowest BCUT2D eigenvalue weighted by atomic mass is 10.1. The Hall–Kier alpha value is -3.98. The normalized spacial score (nSPS) is 13.7. The van der Waals surface area contributed by atoms with Crippen LogP contribution in [-0.4, -0.2) is 32.5 Å². The Kier molecular flexibility index (Phi) is 6.33. The summed E-state index contributed by atoms with van der Waals surface area (Å²) in [6.07, 6.45) is 5.34. The van der Waals surface area contributed by atoms with Crippen LogP contribution in [0.25, 0.3) is 11.0 Å². The SMILES string of the molecule is O=c1ccc2cnc(Nc3ccc(N4CCCCC4)cc3)nc2n1Cc1ccc(Cl)cc1[N+](=O)[O-]. The number of anilines is 3. The Morgan fingerprint density at radius 3 is 2.54 bits per heavy atom. The minimum atomic E-state index is -0.507. The molecule has 0 saturated carbocycles. The minimum Gasteiger partial charge on any atom is -0.372 e. The summed E-state index contributed by atoms with van der Waals surface area (Å²) in [6, 6.07) is 15.5. The number of halogens is 1. The van der Waals surface area contributed by atoms with E-state index < -0.39 is 4.92 Å². The lowest BCUT2D eigenvalue weighted by Crippen LogP contribution is -2.29. The Balaban J connectivity index is 1.45. The lowest BCUT2D eigenvalue weighted by Gasteiger charge is -2.28. The third-order valence-corrected chi connectivity index (χ3v) is 6.38. The molecule has 0 atom stereocenters. The number of hydrogen-bond donors (Lipinski definition) is 1. The van der Waals surface area contributed by atoms with Gasteiger partial charge < -0.3 is 10.2 Å². The molecule has 178 valence electrons. The number of nitrogens with one attached hydrogen (secondary N) is 1. The fraction of sp³-hybridized carbons (Fsp3) is 0.240. The summed E-state index contributed by atoms with van der Waals surface area (Å²) >= 11 is 5.94. The first-order valence-electron chi connectivity index (χ1n) is 11.4. The second-order valence-electron chi connectivity index (χ2n) is 8.48. The summed E-state index contributed by atoms with van der Waals surface area (Å²) in [6.45, 7) is 2.12. The molecule has 5 rings (SSSR count). The number of nitro groups is 1. The van der Waals surface area contributed by atoms with Crippen LogP contribution in [0, 0.1) is 10.1 Å². The number of pyridine rings is 1. The van der Waals surface area contributed by atoms with E-state index in [0.29, 0.717) is 22.5 Å². The fourth-order valence-corrected chi connectivity index (χ4v) is 4.50. The Morgan fingerprint density at radius 1 is 1.03 bits per heavy atom. The molecule has 0 bridgehead atoms. The van der Waals surface area contributed by atoms with Crippen LogP contribution in [0.5, 0.6) is 0 Å². The molecule has 35 heavy (non-hydrogen) atoms. The van der Waals surface area contributed by atoms with Crippen molar-refractivity contribution >= 4 is 45.6 Å². The van der Waals surface area contributed by atoms with Crippen molar-refractivity contribution in [3.63, 3.8) is 0 Å². The molecule has 2 aromatic heterocycles.